The quantitative estimate of drug-likeness (QED) is 0.777. The number of thiophene rings is 1. The van der Waals surface area contributed by atoms with Gasteiger partial charge in [-0.05, 0) is 29.8 Å². The number of benzene rings is 1. The summed E-state index contributed by atoms with van der Waals surface area (Å²) in [5.74, 6) is 0. The highest BCUT2D eigenvalue weighted by molar-refractivity contribution is 7.17. The van der Waals surface area contributed by atoms with Gasteiger partial charge in [-0.25, -0.2) is 0 Å². The zero-order valence-corrected chi connectivity index (χ0v) is 10.2. The lowest BCUT2D eigenvalue weighted by molar-refractivity contribution is -0.137. The van der Waals surface area contributed by atoms with Crippen LogP contribution >= 0.6 is 11.3 Å². The average molecular weight is 281 g/mol. The minimum Gasteiger partial charge on any atom is -0.297 e. The standard InChI is InChI=1S/C13H6F3NOS/c14-13(15,16)11-5-8(1-2-9(11)6-17)12-4-3-10(7-18)19-12/h1-5,7H. The number of nitrogens with zero attached hydrogens (tertiary/aromatic N) is 1. The molecule has 0 bridgehead atoms. The maximum atomic E-state index is 12.8. The summed E-state index contributed by atoms with van der Waals surface area (Å²) in [6.45, 7) is 0. The van der Waals surface area contributed by atoms with Crippen LogP contribution in [0.15, 0.2) is 30.3 Å². The predicted molar refractivity (Wildman–Crippen MR) is 64.9 cm³/mol. The average Bonchev–Trinajstić information content (AvgIpc) is 2.85. The summed E-state index contributed by atoms with van der Waals surface area (Å²) in [6, 6.07) is 8.15. The Balaban J connectivity index is 2.55. The third-order valence-corrected chi connectivity index (χ3v) is 3.53. The first-order valence-corrected chi connectivity index (χ1v) is 5.94. The van der Waals surface area contributed by atoms with E-state index in [1.165, 1.54) is 12.1 Å². The van der Waals surface area contributed by atoms with Crippen molar-refractivity contribution in [2.75, 3.05) is 0 Å². The molecule has 2 aromatic rings. The van der Waals surface area contributed by atoms with E-state index in [1.807, 2.05) is 0 Å². The second-order valence-corrected chi connectivity index (χ2v) is 4.81. The summed E-state index contributed by atoms with van der Waals surface area (Å²) in [4.78, 5) is 11.6. The molecule has 0 aliphatic rings. The van der Waals surface area contributed by atoms with Gasteiger partial charge in [0.25, 0.3) is 0 Å². The van der Waals surface area contributed by atoms with E-state index in [0.717, 1.165) is 23.5 Å². The number of carbonyl (C=O) groups excluding carboxylic acids is 1. The molecular weight excluding hydrogens is 275 g/mol. The fourth-order valence-electron chi connectivity index (χ4n) is 1.60. The zero-order chi connectivity index (χ0) is 14.0. The molecule has 1 aromatic heterocycles. The summed E-state index contributed by atoms with van der Waals surface area (Å²) >= 11 is 1.10. The van der Waals surface area contributed by atoms with Crippen molar-refractivity contribution in [3.05, 3.63) is 46.3 Å². The highest BCUT2D eigenvalue weighted by Crippen LogP contribution is 2.36. The van der Waals surface area contributed by atoms with Crippen LogP contribution in [0.4, 0.5) is 13.2 Å². The van der Waals surface area contributed by atoms with Crippen molar-refractivity contribution in [2.45, 2.75) is 6.18 Å². The molecule has 0 fully saturated rings. The molecule has 0 aliphatic carbocycles. The van der Waals surface area contributed by atoms with E-state index in [2.05, 4.69) is 0 Å². The molecule has 1 aromatic carbocycles. The van der Waals surface area contributed by atoms with Crippen LogP contribution in [0.5, 0.6) is 0 Å². The summed E-state index contributed by atoms with van der Waals surface area (Å²) < 4.78 is 38.4. The van der Waals surface area contributed by atoms with E-state index in [4.69, 9.17) is 5.26 Å². The van der Waals surface area contributed by atoms with Crippen LogP contribution < -0.4 is 0 Å². The van der Waals surface area contributed by atoms with Gasteiger partial charge in [-0.2, -0.15) is 18.4 Å². The van der Waals surface area contributed by atoms with Gasteiger partial charge in [-0.1, -0.05) is 6.07 Å². The summed E-state index contributed by atoms with van der Waals surface area (Å²) in [5, 5.41) is 8.69. The Kier molecular flexibility index (Phi) is 3.40. The number of carbonyl (C=O) groups is 1. The number of halogens is 3. The Bertz CT molecular complexity index is 667. The molecule has 0 aliphatic heterocycles. The molecule has 0 saturated carbocycles. The molecule has 0 radical (unpaired) electrons. The Hall–Kier alpha value is -2.13. The maximum absolute atomic E-state index is 12.8. The summed E-state index contributed by atoms with van der Waals surface area (Å²) in [5.41, 5.74) is -1.04. The highest BCUT2D eigenvalue weighted by Gasteiger charge is 2.33. The molecule has 2 rings (SSSR count). The van der Waals surface area contributed by atoms with Gasteiger partial charge in [0.05, 0.1) is 22.1 Å². The van der Waals surface area contributed by atoms with Crippen molar-refractivity contribution in [2.24, 2.45) is 0 Å². The molecule has 0 saturated heterocycles. The fraction of sp³-hybridized carbons (Fsp3) is 0.0769. The molecule has 6 heteroatoms. The number of nitriles is 1. The van der Waals surface area contributed by atoms with Gasteiger partial charge in [0.15, 0.2) is 6.29 Å². The number of rotatable bonds is 2. The van der Waals surface area contributed by atoms with Crippen LogP contribution in [0.1, 0.15) is 20.8 Å². The van der Waals surface area contributed by atoms with Gasteiger partial charge in [0.1, 0.15) is 0 Å². The van der Waals surface area contributed by atoms with Gasteiger partial charge in [0, 0.05) is 4.88 Å². The molecule has 0 unspecified atom stereocenters. The van der Waals surface area contributed by atoms with Crippen LogP contribution in [0.25, 0.3) is 10.4 Å². The van der Waals surface area contributed by atoms with Crippen LogP contribution in [0.2, 0.25) is 0 Å². The third-order valence-electron chi connectivity index (χ3n) is 2.47. The zero-order valence-electron chi connectivity index (χ0n) is 9.36. The lowest BCUT2D eigenvalue weighted by Crippen LogP contribution is -2.07. The number of hydrogen-bond acceptors (Lipinski definition) is 3. The number of aldehydes is 1. The minimum absolute atomic E-state index is 0.337. The fourth-order valence-corrected chi connectivity index (χ4v) is 2.42. The summed E-state index contributed by atoms with van der Waals surface area (Å²) in [7, 11) is 0. The SMILES string of the molecule is N#Cc1ccc(-c2ccc(C=O)s2)cc1C(F)(F)F. The molecule has 0 amide bonds. The van der Waals surface area contributed by atoms with Crippen molar-refractivity contribution in [1.29, 1.82) is 5.26 Å². The second kappa shape index (κ2) is 4.86. The van der Waals surface area contributed by atoms with E-state index in [9.17, 15) is 18.0 Å². The molecule has 2 nitrogen and oxygen atoms in total. The predicted octanol–water partition coefficient (Wildman–Crippen LogP) is 4.12. The lowest BCUT2D eigenvalue weighted by atomic mass is 10.0. The minimum atomic E-state index is -4.58. The van der Waals surface area contributed by atoms with E-state index >= 15 is 0 Å². The first-order valence-electron chi connectivity index (χ1n) is 5.12. The largest absolute Gasteiger partial charge is 0.417 e. The van der Waals surface area contributed by atoms with Crippen molar-refractivity contribution >= 4 is 17.6 Å². The Labute approximate surface area is 110 Å². The van der Waals surface area contributed by atoms with E-state index < -0.39 is 17.3 Å². The van der Waals surface area contributed by atoms with Crippen molar-refractivity contribution in [3.63, 3.8) is 0 Å². The second-order valence-electron chi connectivity index (χ2n) is 3.69. The first-order chi connectivity index (χ1) is 8.95. The Morgan fingerprint density at radius 3 is 2.47 bits per heavy atom. The molecule has 0 N–H and O–H groups in total. The number of hydrogen-bond donors (Lipinski definition) is 0. The van der Waals surface area contributed by atoms with Gasteiger partial charge in [-0.15, -0.1) is 11.3 Å². The van der Waals surface area contributed by atoms with Gasteiger partial charge in [-0.3, -0.25) is 4.79 Å². The molecule has 19 heavy (non-hydrogen) atoms. The lowest BCUT2D eigenvalue weighted by Gasteiger charge is -2.10. The summed E-state index contributed by atoms with van der Waals surface area (Å²) in [6.07, 6.45) is -3.94. The van der Waals surface area contributed by atoms with E-state index in [1.54, 1.807) is 12.1 Å². The molecule has 0 spiro atoms. The van der Waals surface area contributed by atoms with Crippen LogP contribution in [-0.2, 0) is 6.18 Å². The topological polar surface area (TPSA) is 40.9 Å². The van der Waals surface area contributed by atoms with Crippen molar-refractivity contribution in [3.8, 4) is 16.5 Å². The van der Waals surface area contributed by atoms with Gasteiger partial charge >= 0.3 is 6.18 Å². The highest BCUT2D eigenvalue weighted by atomic mass is 32.1. The monoisotopic (exact) mass is 281 g/mol. The molecular formula is C13H6F3NOS. The van der Waals surface area contributed by atoms with Crippen LogP contribution in [0.3, 0.4) is 0 Å². The smallest absolute Gasteiger partial charge is 0.297 e. The first kappa shape index (κ1) is 13.3. The van der Waals surface area contributed by atoms with Crippen LogP contribution in [0, 0.1) is 11.3 Å². The van der Waals surface area contributed by atoms with Gasteiger partial charge in [0.2, 0.25) is 0 Å². The van der Waals surface area contributed by atoms with E-state index in [0.29, 0.717) is 21.6 Å². The van der Waals surface area contributed by atoms with Gasteiger partial charge < -0.3 is 0 Å². The van der Waals surface area contributed by atoms with Crippen molar-refractivity contribution < 1.29 is 18.0 Å². The maximum Gasteiger partial charge on any atom is 0.417 e. The van der Waals surface area contributed by atoms with E-state index in [-0.39, 0.29) is 0 Å². The Morgan fingerprint density at radius 1 is 1.21 bits per heavy atom. The third kappa shape index (κ3) is 2.66. The van der Waals surface area contributed by atoms with Crippen molar-refractivity contribution in [1.82, 2.24) is 0 Å². The Morgan fingerprint density at radius 2 is 1.95 bits per heavy atom. The normalized spacial score (nSPS) is 11.1. The molecule has 96 valence electrons. The molecule has 0 atom stereocenters. The molecule has 1 heterocycles. The van der Waals surface area contributed by atoms with Crippen LogP contribution in [-0.4, -0.2) is 6.29 Å². The number of alkyl halides is 3.